The molecule has 0 unspecified atom stereocenters. The summed E-state index contributed by atoms with van der Waals surface area (Å²) in [5.74, 6) is 0. The lowest BCUT2D eigenvalue weighted by molar-refractivity contribution is 0.643. The fraction of sp³-hybridized carbons (Fsp3) is 0.118. The summed E-state index contributed by atoms with van der Waals surface area (Å²) < 4.78 is 7.59. The molecule has 2 aromatic heterocycles. The van der Waals surface area contributed by atoms with Gasteiger partial charge in [0.05, 0.1) is 20.6 Å². The van der Waals surface area contributed by atoms with Crippen molar-refractivity contribution in [3.63, 3.8) is 0 Å². The van der Waals surface area contributed by atoms with Gasteiger partial charge in [0.1, 0.15) is 0 Å². The highest BCUT2D eigenvalue weighted by Gasteiger charge is 2.30. The number of rotatable bonds is 4. The number of hydrogen-bond acceptors (Lipinski definition) is 4. The van der Waals surface area contributed by atoms with Crippen LogP contribution in [0, 0.1) is 0 Å². The highest BCUT2D eigenvalue weighted by Crippen LogP contribution is 2.62. The van der Waals surface area contributed by atoms with Gasteiger partial charge in [0, 0.05) is 44.4 Å². The lowest BCUT2D eigenvalue weighted by Crippen LogP contribution is -2.05. The highest BCUT2D eigenvalue weighted by molar-refractivity contribution is 8.30. The fourth-order valence-electron chi connectivity index (χ4n) is 5.78. The maximum Gasteiger partial charge on any atom is 0.0707 e. The Bertz CT molecular complexity index is 1760. The Morgan fingerprint density at radius 2 is 0.800 bits per heavy atom. The van der Waals surface area contributed by atoms with E-state index in [9.17, 15) is 0 Å². The van der Waals surface area contributed by atoms with Crippen molar-refractivity contribution in [1.29, 1.82) is 0 Å². The Morgan fingerprint density at radius 3 is 1.20 bits per heavy atom. The molecule has 0 saturated carbocycles. The minimum atomic E-state index is 0.286. The Morgan fingerprint density at radius 1 is 0.450 bits per heavy atom. The Kier molecular flexibility index (Phi) is 6.14. The smallest absolute Gasteiger partial charge is 0.0707 e. The van der Waals surface area contributed by atoms with E-state index < -0.39 is 0 Å². The second-order valence-corrected chi connectivity index (χ2v) is 15.1. The van der Waals surface area contributed by atoms with Crippen LogP contribution in [0.2, 0.25) is 0 Å². The van der Waals surface area contributed by atoms with Crippen LogP contribution in [0.15, 0.2) is 138 Å². The van der Waals surface area contributed by atoms with Crippen LogP contribution < -0.4 is 0 Å². The van der Waals surface area contributed by atoms with Gasteiger partial charge in [-0.3, -0.25) is 0 Å². The van der Waals surface area contributed by atoms with E-state index in [1.807, 2.05) is 47.0 Å². The van der Waals surface area contributed by atoms with Crippen molar-refractivity contribution in [2.45, 2.75) is 45.5 Å². The minimum absolute atomic E-state index is 0.286. The van der Waals surface area contributed by atoms with Gasteiger partial charge in [-0.15, -0.1) is 0 Å². The van der Waals surface area contributed by atoms with Crippen molar-refractivity contribution in [3.8, 4) is 0 Å². The average molecular weight is 591 g/mol. The monoisotopic (exact) mass is 590 g/mol. The summed E-state index contributed by atoms with van der Waals surface area (Å²) in [6.45, 7) is 4.61. The molecule has 0 spiro atoms. The number of fused-ring (bicyclic) bond motifs is 4. The van der Waals surface area contributed by atoms with Crippen LogP contribution in [0.3, 0.4) is 0 Å². The summed E-state index contributed by atoms with van der Waals surface area (Å²) in [5.41, 5.74) is 2.74. The molecule has 6 aromatic rings. The van der Waals surface area contributed by atoms with E-state index in [0.29, 0.717) is 0 Å². The molecule has 0 fully saturated rings. The predicted molar refractivity (Wildman–Crippen MR) is 175 cm³/mol. The second-order valence-electron chi connectivity index (χ2n) is 10.3. The van der Waals surface area contributed by atoms with Crippen LogP contribution in [0.4, 0.5) is 0 Å². The van der Waals surface area contributed by atoms with Crippen molar-refractivity contribution >= 4 is 68.6 Å². The molecule has 6 heteroatoms. The molecule has 0 N–H and O–H groups in total. The molecular weight excluding hydrogens is 565 g/mol. The Labute approximate surface area is 251 Å². The first kappa shape index (κ1) is 24.9. The largest absolute Gasteiger partial charge is 0.345 e. The molecule has 0 bridgehead atoms. The summed E-state index contributed by atoms with van der Waals surface area (Å²) in [4.78, 5) is 5.47. The maximum atomic E-state index is 2.38. The molecule has 8 rings (SSSR count). The number of aromatic nitrogens is 2. The highest BCUT2D eigenvalue weighted by atomic mass is 32.2. The topological polar surface area (TPSA) is 9.86 Å². The van der Waals surface area contributed by atoms with E-state index in [-0.39, 0.29) is 12.1 Å². The van der Waals surface area contributed by atoms with Gasteiger partial charge >= 0.3 is 0 Å². The standard InChI is InChI=1S/C34H26N2S4/c1-21(25-15-7-11-23-9-3-5-13-27(23)25)35-17-29-30(18-35)38-33(37-29)34-39-31-19-36(20-32(31)40-34)22(2)26-16-8-12-24-10-4-6-14-28(24)26/h3-22H,1-2H3/t21-,22-/m1/s1. The van der Waals surface area contributed by atoms with Crippen LogP contribution in [0.5, 0.6) is 0 Å². The van der Waals surface area contributed by atoms with Crippen molar-refractivity contribution in [1.82, 2.24) is 9.13 Å². The van der Waals surface area contributed by atoms with Crippen LogP contribution in [-0.2, 0) is 0 Å². The lowest BCUT2D eigenvalue weighted by Gasteiger charge is -2.17. The summed E-state index contributed by atoms with van der Waals surface area (Å²) in [7, 11) is 0. The zero-order valence-corrected chi connectivity index (χ0v) is 25.3. The van der Waals surface area contributed by atoms with Gasteiger partial charge in [0.15, 0.2) is 0 Å². The molecule has 2 nitrogen and oxygen atoms in total. The van der Waals surface area contributed by atoms with E-state index >= 15 is 0 Å². The second kappa shape index (κ2) is 9.88. The third-order valence-corrected chi connectivity index (χ3v) is 13.5. The summed E-state index contributed by atoms with van der Waals surface area (Å²) in [6.07, 6.45) is 9.35. The van der Waals surface area contributed by atoms with E-state index in [1.54, 1.807) is 0 Å². The van der Waals surface area contributed by atoms with Crippen LogP contribution in [-0.4, -0.2) is 9.13 Å². The maximum absolute atomic E-state index is 2.38. The van der Waals surface area contributed by atoms with E-state index in [4.69, 9.17) is 0 Å². The summed E-state index contributed by atoms with van der Waals surface area (Å²) in [5, 5.41) is 5.28. The van der Waals surface area contributed by atoms with Crippen molar-refractivity contribution in [2.75, 3.05) is 0 Å². The number of benzene rings is 4. The molecule has 4 aromatic carbocycles. The first-order valence-corrected chi connectivity index (χ1v) is 16.7. The molecule has 0 aliphatic carbocycles. The van der Waals surface area contributed by atoms with Gasteiger partial charge in [0.25, 0.3) is 0 Å². The Balaban J connectivity index is 1.01. The normalized spacial score (nSPS) is 16.1. The molecule has 2 aliphatic heterocycles. The molecular formula is C34H26N2S4. The van der Waals surface area contributed by atoms with Gasteiger partial charge in [-0.25, -0.2) is 0 Å². The van der Waals surface area contributed by atoms with Crippen LogP contribution in [0.1, 0.15) is 37.1 Å². The summed E-state index contributed by atoms with van der Waals surface area (Å²) in [6, 6.07) is 31.2. The van der Waals surface area contributed by atoms with Crippen LogP contribution in [0.25, 0.3) is 21.5 Å². The minimum Gasteiger partial charge on any atom is -0.345 e. The van der Waals surface area contributed by atoms with Gasteiger partial charge in [-0.1, -0.05) is 132 Å². The van der Waals surface area contributed by atoms with Gasteiger partial charge in [-0.05, 0) is 46.5 Å². The molecule has 0 saturated heterocycles. The number of thioether (sulfide) groups is 4. The van der Waals surface area contributed by atoms with E-state index in [2.05, 4.69) is 133 Å². The van der Waals surface area contributed by atoms with Gasteiger partial charge in [0.2, 0.25) is 0 Å². The number of hydrogen-bond donors (Lipinski definition) is 0. The predicted octanol–water partition coefficient (Wildman–Crippen LogP) is 11.0. The van der Waals surface area contributed by atoms with E-state index in [0.717, 1.165) is 0 Å². The first-order valence-electron chi connectivity index (χ1n) is 13.5. The number of nitrogens with zero attached hydrogens (tertiary/aromatic N) is 2. The summed E-state index contributed by atoms with van der Waals surface area (Å²) >= 11 is 7.71. The molecule has 2 atom stereocenters. The third-order valence-electron chi connectivity index (χ3n) is 7.97. The quantitative estimate of drug-likeness (QED) is 0.202. The molecule has 2 aliphatic rings. The lowest BCUT2D eigenvalue weighted by atomic mass is 10.00. The molecule has 0 amide bonds. The van der Waals surface area contributed by atoms with E-state index in [1.165, 1.54) is 60.7 Å². The van der Waals surface area contributed by atoms with Gasteiger partial charge < -0.3 is 9.13 Å². The zero-order chi connectivity index (χ0) is 26.8. The molecule has 40 heavy (non-hydrogen) atoms. The SMILES string of the molecule is C[C@H](c1cccc2ccccc12)n1cc2c(c1)SC(=C1Sc3cn([C@H](C)c4cccc5ccccc45)cc3S1)S2. The van der Waals surface area contributed by atoms with Crippen molar-refractivity contribution in [3.05, 3.63) is 129 Å². The molecule has 4 heterocycles. The van der Waals surface area contributed by atoms with Crippen molar-refractivity contribution in [2.24, 2.45) is 0 Å². The Hall–Kier alpha value is -2.90. The van der Waals surface area contributed by atoms with Crippen molar-refractivity contribution < 1.29 is 0 Å². The molecule has 196 valence electrons. The average Bonchev–Trinajstić information content (AvgIpc) is 3.75. The van der Waals surface area contributed by atoms with Gasteiger partial charge in [-0.2, -0.15) is 0 Å². The molecule has 0 radical (unpaired) electrons. The first-order chi connectivity index (χ1) is 19.6. The fourth-order valence-corrected chi connectivity index (χ4v) is 11.1. The zero-order valence-electron chi connectivity index (χ0n) is 22.1. The third kappa shape index (κ3) is 4.16. The van der Waals surface area contributed by atoms with Crippen LogP contribution >= 0.6 is 47.0 Å².